The number of carboxylic acid groups (broad SMARTS) is 1. The molecule has 3 nitrogen and oxygen atoms in total. The quantitative estimate of drug-likeness (QED) is 0.656. The average molecular weight is 314 g/mol. The molecule has 0 aromatic heterocycles. The topological polar surface area (TPSA) is 46.5 Å². The standard InChI is InChI=1S/C16H17F3O3/c1-2-22-13(14(20)21)10-15(8-5-9-15)11-6-3-4-7-12(11)16(17,18)19/h3-4,6-7,10H,2,5,8-9H2,1H3,(H,20,21). The van der Waals surface area contributed by atoms with Gasteiger partial charge in [0.05, 0.1) is 12.2 Å². The monoisotopic (exact) mass is 314 g/mol. The lowest BCUT2D eigenvalue weighted by Gasteiger charge is -2.41. The van der Waals surface area contributed by atoms with Crippen LogP contribution in [0, 0.1) is 0 Å². The Morgan fingerprint density at radius 1 is 1.36 bits per heavy atom. The molecule has 0 amide bonds. The van der Waals surface area contributed by atoms with Gasteiger partial charge in [-0.2, -0.15) is 13.2 Å². The van der Waals surface area contributed by atoms with Gasteiger partial charge >= 0.3 is 12.1 Å². The molecule has 6 heteroatoms. The predicted molar refractivity (Wildman–Crippen MR) is 74.3 cm³/mol. The van der Waals surface area contributed by atoms with Crippen molar-refractivity contribution in [3.63, 3.8) is 0 Å². The van der Waals surface area contributed by atoms with E-state index in [0.29, 0.717) is 12.8 Å². The fraction of sp³-hybridized carbons (Fsp3) is 0.438. The van der Waals surface area contributed by atoms with Crippen molar-refractivity contribution < 1.29 is 27.8 Å². The molecule has 0 spiro atoms. The van der Waals surface area contributed by atoms with Gasteiger partial charge in [-0.25, -0.2) is 4.79 Å². The Morgan fingerprint density at radius 3 is 2.45 bits per heavy atom. The first-order valence-corrected chi connectivity index (χ1v) is 7.06. The summed E-state index contributed by atoms with van der Waals surface area (Å²) in [7, 11) is 0. The lowest BCUT2D eigenvalue weighted by Crippen LogP contribution is -2.35. The van der Waals surface area contributed by atoms with Crippen molar-refractivity contribution in [1.82, 2.24) is 0 Å². The van der Waals surface area contributed by atoms with Crippen LogP contribution in [0.2, 0.25) is 0 Å². The number of hydrogen-bond donors (Lipinski definition) is 1. The highest BCUT2D eigenvalue weighted by Gasteiger charge is 2.44. The molecular formula is C16H17F3O3. The Morgan fingerprint density at radius 2 is 2.00 bits per heavy atom. The van der Waals surface area contributed by atoms with Crippen LogP contribution in [-0.4, -0.2) is 17.7 Å². The van der Waals surface area contributed by atoms with Gasteiger partial charge in [-0.1, -0.05) is 24.6 Å². The molecule has 0 radical (unpaired) electrons. The molecule has 0 saturated heterocycles. The third kappa shape index (κ3) is 3.10. The summed E-state index contributed by atoms with van der Waals surface area (Å²) in [5.74, 6) is -1.56. The number of rotatable bonds is 5. The summed E-state index contributed by atoms with van der Waals surface area (Å²) in [5.41, 5.74) is -1.52. The molecule has 1 aliphatic rings. The molecule has 0 bridgehead atoms. The number of hydrogen-bond acceptors (Lipinski definition) is 2. The molecule has 22 heavy (non-hydrogen) atoms. The van der Waals surface area contributed by atoms with E-state index in [4.69, 9.17) is 9.84 Å². The van der Waals surface area contributed by atoms with Crippen molar-refractivity contribution in [3.8, 4) is 0 Å². The van der Waals surface area contributed by atoms with Gasteiger partial charge in [-0.05, 0) is 37.5 Å². The van der Waals surface area contributed by atoms with E-state index in [2.05, 4.69) is 0 Å². The van der Waals surface area contributed by atoms with Crippen molar-refractivity contribution in [3.05, 3.63) is 47.2 Å². The van der Waals surface area contributed by atoms with Crippen LogP contribution in [-0.2, 0) is 21.1 Å². The Kier molecular flexibility index (Phi) is 4.49. The summed E-state index contributed by atoms with van der Waals surface area (Å²) >= 11 is 0. The molecule has 2 rings (SSSR count). The first-order chi connectivity index (χ1) is 10.3. The van der Waals surface area contributed by atoms with E-state index in [-0.39, 0.29) is 17.9 Å². The summed E-state index contributed by atoms with van der Waals surface area (Å²) in [4.78, 5) is 11.2. The van der Waals surface area contributed by atoms with Crippen molar-refractivity contribution in [2.45, 2.75) is 37.8 Å². The van der Waals surface area contributed by atoms with Gasteiger partial charge in [0.25, 0.3) is 0 Å². The van der Waals surface area contributed by atoms with Gasteiger partial charge in [-0.3, -0.25) is 0 Å². The first-order valence-electron chi connectivity index (χ1n) is 7.06. The highest BCUT2D eigenvalue weighted by atomic mass is 19.4. The summed E-state index contributed by atoms with van der Waals surface area (Å²) in [6.45, 7) is 1.78. The molecule has 1 aromatic carbocycles. The highest BCUT2D eigenvalue weighted by Crippen LogP contribution is 2.49. The lowest BCUT2D eigenvalue weighted by atomic mass is 9.63. The second-order valence-electron chi connectivity index (χ2n) is 5.30. The minimum atomic E-state index is -4.47. The van der Waals surface area contributed by atoms with Crippen LogP contribution >= 0.6 is 0 Å². The number of halogens is 3. The van der Waals surface area contributed by atoms with E-state index in [1.54, 1.807) is 13.0 Å². The summed E-state index contributed by atoms with van der Waals surface area (Å²) in [6, 6.07) is 5.33. The van der Waals surface area contributed by atoms with Crippen LogP contribution in [0.1, 0.15) is 37.3 Å². The van der Waals surface area contributed by atoms with E-state index in [1.165, 1.54) is 18.2 Å². The van der Waals surface area contributed by atoms with Crippen LogP contribution in [0.3, 0.4) is 0 Å². The molecule has 120 valence electrons. The number of ether oxygens (including phenoxy) is 1. The molecule has 0 atom stereocenters. The Labute approximate surface area is 126 Å². The third-order valence-corrected chi connectivity index (χ3v) is 3.93. The van der Waals surface area contributed by atoms with Gasteiger partial charge in [0, 0.05) is 5.41 Å². The van der Waals surface area contributed by atoms with Crippen molar-refractivity contribution in [1.29, 1.82) is 0 Å². The van der Waals surface area contributed by atoms with E-state index in [0.717, 1.165) is 12.5 Å². The normalized spacial score (nSPS) is 17.7. The van der Waals surface area contributed by atoms with Crippen LogP contribution in [0.5, 0.6) is 0 Å². The smallest absolute Gasteiger partial charge is 0.416 e. The fourth-order valence-electron chi connectivity index (χ4n) is 2.79. The molecule has 1 fully saturated rings. The Bertz CT molecular complexity index is 587. The number of carboxylic acids is 1. The minimum Gasteiger partial charge on any atom is -0.487 e. The maximum absolute atomic E-state index is 13.2. The molecule has 0 heterocycles. The maximum atomic E-state index is 13.2. The number of aliphatic carboxylic acids is 1. The van der Waals surface area contributed by atoms with Crippen molar-refractivity contribution in [2.75, 3.05) is 6.61 Å². The molecule has 1 N–H and O–H groups in total. The van der Waals surface area contributed by atoms with Gasteiger partial charge in [0.1, 0.15) is 0 Å². The zero-order chi connectivity index (χ0) is 16.4. The molecule has 0 aliphatic heterocycles. The summed E-state index contributed by atoms with van der Waals surface area (Å²) in [5, 5.41) is 9.15. The Hall–Kier alpha value is -1.98. The zero-order valence-corrected chi connectivity index (χ0v) is 12.1. The largest absolute Gasteiger partial charge is 0.487 e. The fourth-order valence-corrected chi connectivity index (χ4v) is 2.79. The molecule has 1 saturated carbocycles. The SMILES string of the molecule is CCOC(=CC1(c2ccccc2C(F)(F)F)CCC1)C(=O)O. The molecule has 0 unspecified atom stereocenters. The second-order valence-corrected chi connectivity index (χ2v) is 5.30. The minimum absolute atomic E-state index is 0.118. The first kappa shape index (κ1) is 16.4. The zero-order valence-electron chi connectivity index (χ0n) is 12.1. The maximum Gasteiger partial charge on any atom is 0.416 e. The number of benzene rings is 1. The Balaban J connectivity index is 2.52. The summed E-state index contributed by atoms with van der Waals surface area (Å²) in [6.07, 6.45) is -1.43. The number of carbonyl (C=O) groups is 1. The van der Waals surface area contributed by atoms with Gasteiger partial charge < -0.3 is 9.84 Å². The van der Waals surface area contributed by atoms with Gasteiger partial charge in [0.15, 0.2) is 0 Å². The predicted octanol–water partition coefficient (Wildman–Crippen LogP) is 4.13. The van der Waals surface area contributed by atoms with Crippen LogP contribution in [0.25, 0.3) is 0 Å². The number of allylic oxidation sites excluding steroid dienone is 1. The van der Waals surface area contributed by atoms with Crippen LogP contribution in [0.4, 0.5) is 13.2 Å². The van der Waals surface area contributed by atoms with E-state index in [9.17, 15) is 18.0 Å². The van der Waals surface area contributed by atoms with Crippen LogP contribution in [0.15, 0.2) is 36.1 Å². The van der Waals surface area contributed by atoms with E-state index in [1.807, 2.05) is 0 Å². The van der Waals surface area contributed by atoms with E-state index >= 15 is 0 Å². The molecule has 1 aromatic rings. The van der Waals surface area contributed by atoms with E-state index < -0.39 is 23.1 Å². The van der Waals surface area contributed by atoms with Crippen molar-refractivity contribution >= 4 is 5.97 Å². The van der Waals surface area contributed by atoms with Crippen LogP contribution < -0.4 is 0 Å². The average Bonchev–Trinajstić information content (AvgIpc) is 2.40. The summed E-state index contributed by atoms with van der Waals surface area (Å²) < 4.78 is 44.7. The lowest BCUT2D eigenvalue weighted by molar-refractivity contribution is -0.139. The second kappa shape index (κ2) is 6.02. The van der Waals surface area contributed by atoms with Crippen molar-refractivity contribution in [2.24, 2.45) is 0 Å². The number of alkyl halides is 3. The molecule has 1 aliphatic carbocycles. The third-order valence-electron chi connectivity index (χ3n) is 3.93. The molecular weight excluding hydrogens is 297 g/mol. The van der Waals surface area contributed by atoms with Gasteiger partial charge in [0.2, 0.25) is 5.76 Å². The highest BCUT2D eigenvalue weighted by molar-refractivity contribution is 5.84. The van der Waals surface area contributed by atoms with Gasteiger partial charge in [-0.15, -0.1) is 0 Å².